The molecule has 0 spiro atoms. The average molecular weight is 226 g/mol. The summed E-state index contributed by atoms with van der Waals surface area (Å²) >= 11 is 0. The van der Waals surface area contributed by atoms with Crippen molar-refractivity contribution in [3.63, 3.8) is 0 Å². The molecule has 1 atom stereocenters. The van der Waals surface area contributed by atoms with Crippen molar-refractivity contribution in [2.24, 2.45) is 0 Å². The monoisotopic (exact) mass is 226 g/mol. The molecule has 16 heavy (non-hydrogen) atoms. The highest BCUT2D eigenvalue weighted by molar-refractivity contribution is 5.30. The van der Waals surface area contributed by atoms with Gasteiger partial charge in [-0.15, -0.1) is 0 Å². The first-order valence-corrected chi connectivity index (χ1v) is 5.61. The lowest BCUT2D eigenvalue weighted by molar-refractivity contribution is -0.0823. The summed E-state index contributed by atoms with van der Waals surface area (Å²) in [6, 6.07) is 4.20. The van der Waals surface area contributed by atoms with Gasteiger partial charge in [0.15, 0.2) is 0 Å². The highest BCUT2D eigenvalue weighted by Crippen LogP contribution is 2.33. The van der Waals surface area contributed by atoms with Gasteiger partial charge in [-0.25, -0.2) is 4.39 Å². The van der Waals surface area contributed by atoms with Crippen LogP contribution < -0.4 is 0 Å². The Morgan fingerprint density at radius 1 is 1.31 bits per heavy atom. The van der Waals surface area contributed by atoms with Crippen LogP contribution in [0, 0.1) is 12.7 Å². The van der Waals surface area contributed by atoms with Crippen LogP contribution in [-0.2, 0) is 0 Å². The highest BCUT2D eigenvalue weighted by Gasteiger charge is 2.33. The van der Waals surface area contributed by atoms with Crippen LogP contribution in [0.15, 0.2) is 18.2 Å². The molecule has 3 heteroatoms. The summed E-state index contributed by atoms with van der Waals surface area (Å²) in [7, 11) is 0. The zero-order chi connectivity index (χ0) is 12.3. The lowest BCUT2D eigenvalue weighted by Crippen LogP contribution is -2.35. The third-order valence-corrected chi connectivity index (χ3v) is 3.26. The quantitative estimate of drug-likeness (QED) is 0.828. The molecule has 0 amide bonds. The summed E-state index contributed by atoms with van der Waals surface area (Å²) in [6.07, 6.45) is -0.0497. The van der Waals surface area contributed by atoms with Crippen molar-refractivity contribution < 1.29 is 14.6 Å². The van der Waals surface area contributed by atoms with Crippen molar-refractivity contribution in [1.29, 1.82) is 0 Å². The van der Waals surface area contributed by atoms with E-state index in [0.717, 1.165) is 0 Å². The van der Waals surface area contributed by atoms with E-state index in [1.54, 1.807) is 6.92 Å². The molecule has 0 saturated heterocycles. The number of benzene rings is 1. The van der Waals surface area contributed by atoms with Crippen LogP contribution in [0.3, 0.4) is 0 Å². The van der Waals surface area contributed by atoms with Gasteiger partial charge in [0, 0.05) is 0 Å². The van der Waals surface area contributed by atoms with Crippen molar-refractivity contribution in [2.45, 2.75) is 45.3 Å². The summed E-state index contributed by atoms with van der Waals surface area (Å²) in [6.45, 7) is 5.38. The Hall–Kier alpha value is -0.930. The molecule has 0 fully saturated rings. The van der Waals surface area contributed by atoms with E-state index in [1.807, 2.05) is 13.8 Å². The Kier molecular flexibility index (Phi) is 4.05. The molecule has 1 rings (SSSR count). The summed E-state index contributed by atoms with van der Waals surface area (Å²) < 4.78 is 12.9. The third kappa shape index (κ3) is 2.42. The predicted molar refractivity (Wildman–Crippen MR) is 61.6 cm³/mol. The van der Waals surface area contributed by atoms with Crippen LogP contribution in [0.1, 0.15) is 43.9 Å². The molecule has 0 aliphatic carbocycles. The van der Waals surface area contributed by atoms with E-state index >= 15 is 0 Å². The Balaban J connectivity index is 3.08. The smallest absolute Gasteiger partial charge is 0.123 e. The molecule has 0 saturated carbocycles. The zero-order valence-electron chi connectivity index (χ0n) is 10.00. The topological polar surface area (TPSA) is 40.5 Å². The fraction of sp³-hybridized carbons (Fsp3) is 0.538. The molecule has 0 aliphatic heterocycles. The minimum atomic E-state index is -1.14. The van der Waals surface area contributed by atoms with Gasteiger partial charge >= 0.3 is 0 Å². The van der Waals surface area contributed by atoms with Gasteiger partial charge in [0.05, 0.1) is 5.60 Å². The van der Waals surface area contributed by atoms with Gasteiger partial charge in [-0.3, -0.25) is 0 Å². The molecule has 0 aliphatic rings. The third-order valence-electron chi connectivity index (χ3n) is 3.26. The van der Waals surface area contributed by atoms with Crippen molar-refractivity contribution >= 4 is 0 Å². The molecule has 1 aromatic rings. The molecule has 0 radical (unpaired) electrons. The molecule has 1 unspecified atom stereocenters. The normalized spacial score (nSPS) is 13.9. The number of aryl methyl sites for hydroxylation is 1. The summed E-state index contributed by atoms with van der Waals surface area (Å²) in [4.78, 5) is 0. The van der Waals surface area contributed by atoms with Gasteiger partial charge in [-0.1, -0.05) is 19.9 Å². The van der Waals surface area contributed by atoms with Crippen LogP contribution in [0.5, 0.6) is 0 Å². The maximum absolute atomic E-state index is 12.9. The first-order valence-electron chi connectivity index (χ1n) is 5.61. The van der Waals surface area contributed by atoms with E-state index in [1.165, 1.54) is 18.2 Å². The lowest BCUT2D eigenvalue weighted by Gasteiger charge is -2.32. The van der Waals surface area contributed by atoms with E-state index in [2.05, 4.69) is 0 Å². The second-order valence-corrected chi connectivity index (χ2v) is 4.21. The number of hydrogen-bond acceptors (Lipinski definition) is 2. The standard InChI is InChI=1S/C13H19FO2/c1-4-13(16,5-2)12(15)11-7-6-10(14)8-9(11)3/h6-8,12,15-16H,4-5H2,1-3H3. The highest BCUT2D eigenvalue weighted by atomic mass is 19.1. The molecule has 2 nitrogen and oxygen atoms in total. The average Bonchev–Trinajstić information content (AvgIpc) is 2.27. The van der Waals surface area contributed by atoms with Gasteiger partial charge in [0.2, 0.25) is 0 Å². The van der Waals surface area contributed by atoms with E-state index in [4.69, 9.17) is 0 Å². The Morgan fingerprint density at radius 2 is 1.88 bits per heavy atom. The Bertz CT molecular complexity index is 359. The maximum Gasteiger partial charge on any atom is 0.123 e. The number of halogens is 1. The molecular weight excluding hydrogens is 207 g/mol. The summed E-state index contributed by atoms with van der Waals surface area (Å²) in [5, 5.41) is 20.3. The minimum absolute atomic E-state index is 0.329. The van der Waals surface area contributed by atoms with Gasteiger partial charge in [-0.2, -0.15) is 0 Å². The molecular formula is C13H19FO2. The predicted octanol–water partition coefficient (Wildman–Crippen LogP) is 2.72. The first-order chi connectivity index (χ1) is 7.44. The van der Waals surface area contributed by atoms with Crippen molar-refractivity contribution in [1.82, 2.24) is 0 Å². The van der Waals surface area contributed by atoms with E-state index in [9.17, 15) is 14.6 Å². The molecule has 0 heterocycles. The number of aliphatic hydroxyl groups excluding tert-OH is 1. The molecule has 90 valence electrons. The largest absolute Gasteiger partial charge is 0.387 e. The van der Waals surface area contributed by atoms with E-state index < -0.39 is 11.7 Å². The van der Waals surface area contributed by atoms with Gasteiger partial charge < -0.3 is 10.2 Å². The van der Waals surface area contributed by atoms with Crippen LogP contribution in [0.4, 0.5) is 4.39 Å². The van der Waals surface area contributed by atoms with Crippen LogP contribution in [0.2, 0.25) is 0 Å². The molecule has 0 bridgehead atoms. The fourth-order valence-corrected chi connectivity index (χ4v) is 1.87. The number of rotatable bonds is 4. The second kappa shape index (κ2) is 4.93. The summed E-state index contributed by atoms with van der Waals surface area (Å²) in [5.74, 6) is -0.329. The van der Waals surface area contributed by atoms with Crippen LogP contribution >= 0.6 is 0 Å². The van der Waals surface area contributed by atoms with E-state index in [0.29, 0.717) is 24.0 Å². The van der Waals surface area contributed by atoms with Crippen molar-refractivity contribution in [2.75, 3.05) is 0 Å². The molecule has 1 aromatic carbocycles. The van der Waals surface area contributed by atoms with Crippen LogP contribution in [-0.4, -0.2) is 15.8 Å². The van der Waals surface area contributed by atoms with Gasteiger partial charge in [-0.05, 0) is 43.0 Å². The first kappa shape index (κ1) is 13.1. The van der Waals surface area contributed by atoms with E-state index in [-0.39, 0.29) is 5.82 Å². The van der Waals surface area contributed by atoms with Gasteiger partial charge in [0.25, 0.3) is 0 Å². The Morgan fingerprint density at radius 3 is 2.31 bits per heavy atom. The number of hydrogen-bond donors (Lipinski definition) is 2. The zero-order valence-corrected chi connectivity index (χ0v) is 10.00. The van der Waals surface area contributed by atoms with Crippen LogP contribution in [0.25, 0.3) is 0 Å². The minimum Gasteiger partial charge on any atom is -0.387 e. The summed E-state index contributed by atoms with van der Waals surface area (Å²) in [5.41, 5.74) is 0.114. The fourth-order valence-electron chi connectivity index (χ4n) is 1.87. The van der Waals surface area contributed by atoms with Crippen molar-refractivity contribution in [3.05, 3.63) is 35.1 Å². The van der Waals surface area contributed by atoms with Crippen molar-refractivity contribution in [3.8, 4) is 0 Å². The van der Waals surface area contributed by atoms with Gasteiger partial charge in [0.1, 0.15) is 11.9 Å². The lowest BCUT2D eigenvalue weighted by atomic mass is 9.85. The molecule has 0 aromatic heterocycles. The second-order valence-electron chi connectivity index (χ2n) is 4.21. The SMILES string of the molecule is CCC(O)(CC)C(O)c1ccc(F)cc1C. The maximum atomic E-state index is 12.9. The Labute approximate surface area is 95.7 Å². The number of aliphatic hydroxyl groups is 2. The molecule has 2 N–H and O–H groups in total.